The van der Waals surface area contributed by atoms with Crippen LogP contribution >= 0.6 is 0 Å². The number of hydrogen-bond acceptors (Lipinski definition) is 3. The third kappa shape index (κ3) is 2.48. The van der Waals surface area contributed by atoms with Gasteiger partial charge in [0.15, 0.2) is 5.78 Å². The Bertz CT molecular complexity index is 841. The monoisotopic (exact) mass is 380 g/mol. The van der Waals surface area contributed by atoms with Crippen LogP contribution in [0.5, 0.6) is 0 Å². The quantitative estimate of drug-likeness (QED) is 0.813. The Morgan fingerprint density at radius 3 is 2.21 bits per heavy atom. The first-order valence-electron chi connectivity index (χ1n) is 10.5. The highest BCUT2D eigenvalue weighted by Crippen LogP contribution is 2.60. The van der Waals surface area contributed by atoms with Crippen molar-refractivity contribution in [3.63, 3.8) is 0 Å². The highest BCUT2D eigenvalue weighted by atomic mass is 16.2. The van der Waals surface area contributed by atoms with E-state index in [0.717, 1.165) is 35.3 Å². The molecule has 148 valence electrons. The van der Waals surface area contributed by atoms with Gasteiger partial charge in [0.25, 0.3) is 5.91 Å². The average Bonchev–Trinajstić information content (AvgIpc) is 2.85. The minimum atomic E-state index is -1.11. The van der Waals surface area contributed by atoms with Gasteiger partial charge in [-0.3, -0.25) is 14.5 Å². The van der Waals surface area contributed by atoms with Gasteiger partial charge in [-0.2, -0.15) is 0 Å². The maximum absolute atomic E-state index is 13.4. The minimum absolute atomic E-state index is 0.0850. The Labute approximate surface area is 165 Å². The molecule has 5 nitrogen and oxygen atoms in total. The number of Topliss-reactive ketones (excluding diaryl/α,β-unsaturated/α-hetero) is 1. The zero-order valence-electron chi connectivity index (χ0n) is 16.7. The number of aryl methyl sites for hydroxylation is 1. The minimum Gasteiger partial charge on any atom is -0.319 e. The number of benzene rings is 1. The molecule has 0 radical (unpaired) electrons. The predicted octanol–water partition coefficient (Wildman–Crippen LogP) is 3.55. The van der Waals surface area contributed by atoms with E-state index in [9.17, 15) is 14.4 Å². The number of urea groups is 1. The molecular weight excluding hydrogens is 352 g/mol. The first-order chi connectivity index (χ1) is 13.3. The number of carbonyl (C=O) groups excluding carboxylic acids is 3. The molecule has 1 unspecified atom stereocenters. The Kier molecular flexibility index (Phi) is 3.78. The number of nitrogens with zero attached hydrogens (tertiary/aromatic N) is 1. The van der Waals surface area contributed by atoms with Crippen molar-refractivity contribution in [1.29, 1.82) is 0 Å². The lowest BCUT2D eigenvalue weighted by atomic mass is 9.48. The summed E-state index contributed by atoms with van der Waals surface area (Å²) >= 11 is 0. The number of imide groups is 1. The van der Waals surface area contributed by atoms with Crippen molar-refractivity contribution < 1.29 is 14.4 Å². The third-order valence-electron chi connectivity index (χ3n) is 7.89. The molecule has 0 spiro atoms. The number of nitrogens with one attached hydrogen (secondary N) is 1. The van der Waals surface area contributed by atoms with Crippen LogP contribution in [0.15, 0.2) is 24.3 Å². The molecule has 1 saturated heterocycles. The largest absolute Gasteiger partial charge is 0.325 e. The van der Waals surface area contributed by atoms with E-state index in [1.807, 2.05) is 31.2 Å². The van der Waals surface area contributed by atoms with Crippen LogP contribution in [-0.4, -0.2) is 29.2 Å². The summed E-state index contributed by atoms with van der Waals surface area (Å²) in [6, 6.07) is 7.14. The van der Waals surface area contributed by atoms with E-state index in [-0.39, 0.29) is 23.7 Å². The smallest absolute Gasteiger partial charge is 0.319 e. The van der Waals surface area contributed by atoms with Gasteiger partial charge in [0, 0.05) is 5.41 Å². The van der Waals surface area contributed by atoms with Gasteiger partial charge in [0.1, 0.15) is 5.54 Å². The van der Waals surface area contributed by atoms with Crippen molar-refractivity contribution in [2.24, 2.45) is 23.2 Å². The molecule has 1 aromatic carbocycles. The van der Waals surface area contributed by atoms with E-state index in [1.54, 1.807) is 6.92 Å². The van der Waals surface area contributed by atoms with Crippen molar-refractivity contribution >= 4 is 17.7 Å². The Morgan fingerprint density at radius 1 is 1.07 bits per heavy atom. The normalized spacial score (nSPS) is 38.8. The maximum atomic E-state index is 13.4. The van der Waals surface area contributed by atoms with Crippen LogP contribution in [0.25, 0.3) is 0 Å². The molecule has 4 bridgehead atoms. The van der Waals surface area contributed by atoms with Gasteiger partial charge >= 0.3 is 6.03 Å². The zero-order valence-corrected chi connectivity index (χ0v) is 16.7. The summed E-state index contributed by atoms with van der Waals surface area (Å²) in [7, 11) is 0. The molecule has 5 fully saturated rings. The molecule has 3 amide bonds. The second-order valence-electron chi connectivity index (χ2n) is 9.88. The van der Waals surface area contributed by atoms with E-state index in [2.05, 4.69) is 5.32 Å². The van der Waals surface area contributed by atoms with Gasteiger partial charge in [-0.25, -0.2) is 4.79 Å². The molecular formula is C23H28N2O3. The molecule has 1 heterocycles. The molecule has 5 heteroatoms. The Morgan fingerprint density at radius 2 is 1.64 bits per heavy atom. The number of amides is 3. The zero-order chi connectivity index (χ0) is 19.7. The Hall–Kier alpha value is -2.17. The first-order valence-corrected chi connectivity index (χ1v) is 10.5. The molecule has 6 rings (SSSR count). The average molecular weight is 380 g/mol. The molecule has 4 aliphatic carbocycles. The van der Waals surface area contributed by atoms with Crippen LogP contribution in [0, 0.1) is 30.1 Å². The van der Waals surface area contributed by atoms with E-state index < -0.39 is 11.6 Å². The van der Waals surface area contributed by atoms with Crippen LogP contribution in [-0.2, 0) is 15.1 Å². The van der Waals surface area contributed by atoms with Crippen LogP contribution in [0.4, 0.5) is 4.79 Å². The van der Waals surface area contributed by atoms with Gasteiger partial charge in [-0.05, 0) is 81.3 Å². The van der Waals surface area contributed by atoms with Crippen molar-refractivity contribution in [2.45, 2.75) is 57.9 Å². The third-order valence-corrected chi connectivity index (χ3v) is 7.89. The Balaban J connectivity index is 1.39. The van der Waals surface area contributed by atoms with Gasteiger partial charge in [0.05, 0.1) is 6.54 Å². The van der Waals surface area contributed by atoms with Crippen LogP contribution in [0.3, 0.4) is 0 Å². The number of carbonyl (C=O) groups is 3. The lowest BCUT2D eigenvalue weighted by molar-refractivity contribution is -0.147. The molecule has 1 N–H and O–H groups in total. The molecule has 1 aliphatic heterocycles. The van der Waals surface area contributed by atoms with Crippen molar-refractivity contribution in [2.75, 3.05) is 6.54 Å². The topological polar surface area (TPSA) is 66.5 Å². The van der Waals surface area contributed by atoms with Gasteiger partial charge in [0.2, 0.25) is 0 Å². The summed E-state index contributed by atoms with van der Waals surface area (Å²) in [5, 5.41) is 2.85. The van der Waals surface area contributed by atoms with Gasteiger partial charge in [-0.15, -0.1) is 0 Å². The van der Waals surface area contributed by atoms with E-state index in [4.69, 9.17) is 0 Å². The summed E-state index contributed by atoms with van der Waals surface area (Å²) in [6.45, 7) is 3.59. The van der Waals surface area contributed by atoms with E-state index >= 15 is 0 Å². The summed E-state index contributed by atoms with van der Waals surface area (Å²) < 4.78 is 0. The van der Waals surface area contributed by atoms with Crippen molar-refractivity contribution in [1.82, 2.24) is 10.2 Å². The van der Waals surface area contributed by atoms with Gasteiger partial charge in [-0.1, -0.05) is 24.3 Å². The number of rotatable bonds is 4. The fourth-order valence-electron chi connectivity index (χ4n) is 6.92. The van der Waals surface area contributed by atoms with Crippen LogP contribution < -0.4 is 5.32 Å². The lowest BCUT2D eigenvalue weighted by Crippen LogP contribution is -2.53. The molecule has 28 heavy (non-hydrogen) atoms. The predicted molar refractivity (Wildman–Crippen MR) is 104 cm³/mol. The fourth-order valence-corrected chi connectivity index (χ4v) is 6.92. The molecule has 5 aliphatic rings. The van der Waals surface area contributed by atoms with E-state index in [0.29, 0.717) is 17.8 Å². The molecule has 4 saturated carbocycles. The summed E-state index contributed by atoms with van der Waals surface area (Å²) in [6.07, 6.45) is 6.66. The lowest BCUT2D eigenvalue weighted by Gasteiger charge is -2.56. The summed E-state index contributed by atoms with van der Waals surface area (Å²) in [4.78, 5) is 40.5. The second-order valence-corrected chi connectivity index (χ2v) is 9.88. The van der Waals surface area contributed by atoms with Gasteiger partial charge < -0.3 is 5.32 Å². The molecule has 1 atom stereocenters. The highest BCUT2D eigenvalue weighted by Gasteiger charge is 2.56. The number of hydrogen-bond donors (Lipinski definition) is 1. The van der Waals surface area contributed by atoms with E-state index in [1.165, 1.54) is 19.3 Å². The fraction of sp³-hybridized carbons (Fsp3) is 0.609. The molecule has 0 aromatic heterocycles. The standard InChI is InChI=1S/C23H28N2O3/c1-14-5-3-4-6-18(14)22(2)20(27)25(21(28)24-22)13-19(26)23-10-15-7-16(11-23)9-17(8-15)12-23/h3-6,15-17H,7-13H2,1-2H3,(H,24,28). The van der Waals surface area contributed by atoms with Crippen LogP contribution in [0.2, 0.25) is 0 Å². The first kappa shape index (κ1) is 17.9. The maximum Gasteiger partial charge on any atom is 0.325 e. The molecule has 1 aromatic rings. The summed E-state index contributed by atoms with van der Waals surface area (Å²) in [5.41, 5.74) is 0.340. The second kappa shape index (κ2) is 5.91. The van der Waals surface area contributed by atoms with Crippen molar-refractivity contribution in [3.8, 4) is 0 Å². The highest BCUT2D eigenvalue weighted by molar-refractivity contribution is 6.09. The van der Waals surface area contributed by atoms with Crippen LogP contribution in [0.1, 0.15) is 56.6 Å². The SMILES string of the molecule is Cc1ccccc1C1(C)NC(=O)N(CC(=O)C23CC4CC(CC(C4)C2)C3)C1=O. The summed E-state index contributed by atoms with van der Waals surface area (Å²) in [5.74, 6) is 1.77. The number of ketones is 1. The van der Waals surface area contributed by atoms with Crippen molar-refractivity contribution in [3.05, 3.63) is 35.4 Å².